The molecular weight excluding hydrogens is 321 g/mol. The van der Waals surface area contributed by atoms with Crippen LogP contribution in [0.15, 0.2) is 24.4 Å². The van der Waals surface area contributed by atoms with Crippen molar-refractivity contribution in [2.45, 2.75) is 26.4 Å². The molecular formula is C16H17F3N4O. The van der Waals surface area contributed by atoms with E-state index < -0.39 is 18.0 Å². The minimum absolute atomic E-state index is 0.0491. The largest absolute Gasteiger partial charge is 0.393 e. The van der Waals surface area contributed by atoms with Crippen LogP contribution in [0, 0.1) is 19.8 Å². The fraction of sp³-hybridized carbons (Fsp3) is 0.438. The molecule has 24 heavy (non-hydrogen) atoms. The zero-order chi connectivity index (χ0) is 17.5. The van der Waals surface area contributed by atoms with Crippen LogP contribution in [-0.2, 0) is 0 Å². The van der Waals surface area contributed by atoms with Crippen molar-refractivity contribution in [1.82, 2.24) is 19.7 Å². The molecule has 0 spiro atoms. The quantitative estimate of drug-likeness (QED) is 0.846. The first kappa shape index (κ1) is 16.5. The summed E-state index contributed by atoms with van der Waals surface area (Å²) < 4.78 is 39.8. The zero-order valence-corrected chi connectivity index (χ0v) is 13.3. The summed E-state index contributed by atoms with van der Waals surface area (Å²) >= 11 is 0. The van der Waals surface area contributed by atoms with Crippen LogP contribution in [0.1, 0.15) is 28.2 Å². The molecule has 128 valence electrons. The Hall–Kier alpha value is -2.38. The number of pyridine rings is 1. The van der Waals surface area contributed by atoms with Crippen molar-refractivity contribution in [2.24, 2.45) is 5.92 Å². The Kier molecular flexibility index (Phi) is 4.06. The van der Waals surface area contributed by atoms with E-state index >= 15 is 0 Å². The average Bonchev–Trinajstić information content (AvgIpc) is 3.13. The number of carbonyl (C=O) groups is 1. The Labute approximate surface area is 137 Å². The van der Waals surface area contributed by atoms with Crippen molar-refractivity contribution < 1.29 is 18.0 Å². The van der Waals surface area contributed by atoms with Crippen LogP contribution in [0.5, 0.6) is 0 Å². The minimum Gasteiger partial charge on any atom is -0.338 e. The van der Waals surface area contributed by atoms with Crippen LogP contribution in [0.4, 0.5) is 13.2 Å². The number of hydrogen-bond donors (Lipinski definition) is 0. The van der Waals surface area contributed by atoms with Gasteiger partial charge in [0, 0.05) is 25.0 Å². The van der Waals surface area contributed by atoms with Gasteiger partial charge in [-0.15, -0.1) is 0 Å². The number of carbonyl (C=O) groups excluding carboxylic acids is 1. The Morgan fingerprint density at radius 1 is 1.29 bits per heavy atom. The first-order valence-corrected chi connectivity index (χ1v) is 7.61. The van der Waals surface area contributed by atoms with Gasteiger partial charge < -0.3 is 4.90 Å². The van der Waals surface area contributed by atoms with Gasteiger partial charge >= 0.3 is 6.18 Å². The van der Waals surface area contributed by atoms with Crippen molar-refractivity contribution in [3.05, 3.63) is 41.3 Å². The molecule has 1 amide bonds. The van der Waals surface area contributed by atoms with Gasteiger partial charge in [0.1, 0.15) is 0 Å². The summed E-state index contributed by atoms with van der Waals surface area (Å²) in [5, 5.41) is 4.30. The third kappa shape index (κ3) is 3.13. The summed E-state index contributed by atoms with van der Waals surface area (Å²) in [7, 11) is 0. The summed E-state index contributed by atoms with van der Waals surface area (Å²) in [5.74, 6) is -1.30. The van der Waals surface area contributed by atoms with Crippen LogP contribution in [-0.4, -0.2) is 44.8 Å². The predicted molar refractivity (Wildman–Crippen MR) is 80.9 cm³/mol. The van der Waals surface area contributed by atoms with Crippen molar-refractivity contribution in [2.75, 3.05) is 13.1 Å². The average molecular weight is 338 g/mol. The molecule has 1 unspecified atom stereocenters. The summed E-state index contributed by atoms with van der Waals surface area (Å²) in [6.45, 7) is 3.58. The van der Waals surface area contributed by atoms with Gasteiger partial charge in [-0.1, -0.05) is 0 Å². The van der Waals surface area contributed by atoms with Crippen LogP contribution in [0.25, 0.3) is 5.82 Å². The fourth-order valence-corrected chi connectivity index (χ4v) is 2.89. The number of aryl methyl sites for hydroxylation is 2. The molecule has 0 N–H and O–H groups in total. The lowest BCUT2D eigenvalue weighted by molar-refractivity contribution is -0.169. The van der Waals surface area contributed by atoms with Gasteiger partial charge in [0.2, 0.25) is 0 Å². The molecule has 0 saturated carbocycles. The Morgan fingerprint density at radius 3 is 2.54 bits per heavy atom. The highest BCUT2D eigenvalue weighted by molar-refractivity contribution is 5.94. The highest BCUT2D eigenvalue weighted by atomic mass is 19.4. The smallest absolute Gasteiger partial charge is 0.338 e. The number of halogens is 3. The Balaban J connectivity index is 1.74. The third-order valence-corrected chi connectivity index (χ3v) is 4.16. The van der Waals surface area contributed by atoms with Gasteiger partial charge in [-0.25, -0.2) is 9.67 Å². The number of alkyl halides is 3. The molecule has 1 saturated heterocycles. The number of likely N-dealkylation sites (tertiary alicyclic amines) is 1. The zero-order valence-electron chi connectivity index (χ0n) is 13.3. The number of hydrogen-bond acceptors (Lipinski definition) is 3. The first-order valence-electron chi connectivity index (χ1n) is 7.61. The van der Waals surface area contributed by atoms with Crippen molar-refractivity contribution in [3.8, 4) is 5.82 Å². The van der Waals surface area contributed by atoms with Crippen LogP contribution >= 0.6 is 0 Å². The van der Waals surface area contributed by atoms with E-state index in [1.165, 1.54) is 11.1 Å². The van der Waals surface area contributed by atoms with E-state index in [1.807, 2.05) is 19.9 Å². The minimum atomic E-state index is -4.26. The summed E-state index contributed by atoms with van der Waals surface area (Å²) in [5.41, 5.74) is 2.04. The van der Waals surface area contributed by atoms with Gasteiger partial charge in [0.25, 0.3) is 5.91 Å². The molecule has 3 rings (SSSR count). The Bertz CT molecular complexity index is 752. The highest BCUT2D eigenvalue weighted by Gasteiger charge is 2.44. The molecule has 3 heterocycles. The van der Waals surface area contributed by atoms with Crippen molar-refractivity contribution >= 4 is 5.91 Å². The second kappa shape index (κ2) is 5.92. The molecule has 8 heteroatoms. The van der Waals surface area contributed by atoms with Crippen molar-refractivity contribution in [3.63, 3.8) is 0 Å². The SMILES string of the molecule is Cc1cc(C)n(-c2ccc(C(=O)N3CCC(C(F)(F)F)C3)cn2)n1. The maximum Gasteiger partial charge on any atom is 0.393 e. The van der Waals surface area contributed by atoms with Crippen molar-refractivity contribution in [1.29, 1.82) is 0 Å². The van der Waals surface area contributed by atoms with E-state index in [9.17, 15) is 18.0 Å². The predicted octanol–water partition coefficient (Wildman–Crippen LogP) is 2.91. The topological polar surface area (TPSA) is 51.0 Å². The second-order valence-electron chi connectivity index (χ2n) is 6.02. The summed E-state index contributed by atoms with van der Waals surface area (Å²) in [6.07, 6.45) is -2.92. The van der Waals surface area contributed by atoms with E-state index in [2.05, 4.69) is 10.1 Å². The second-order valence-corrected chi connectivity index (χ2v) is 6.02. The molecule has 1 aliphatic rings. The normalized spacial score (nSPS) is 18.2. The molecule has 1 atom stereocenters. The number of aromatic nitrogens is 3. The molecule has 0 aromatic carbocycles. The number of nitrogens with zero attached hydrogens (tertiary/aromatic N) is 4. The molecule has 2 aromatic heterocycles. The van der Waals surface area contributed by atoms with Gasteiger partial charge in [-0.05, 0) is 38.5 Å². The van der Waals surface area contributed by atoms with E-state index in [-0.39, 0.29) is 25.1 Å². The Morgan fingerprint density at radius 2 is 2.04 bits per heavy atom. The molecule has 1 fully saturated rings. The highest BCUT2D eigenvalue weighted by Crippen LogP contribution is 2.33. The van der Waals surface area contributed by atoms with E-state index in [1.54, 1.807) is 16.8 Å². The maximum atomic E-state index is 12.7. The lowest BCUT2D eigenvalue weighted by Gasteiger charge is -2.18. The van der Waals surface area contributed by atoms with E-state index in [0.717, 1.165) is 11.4 Å². The standard InChI is InChI=1S/C16H17F3N4O/c1-10-7-11(2)23(21-10)14-4-3-12(8-20-14)15(24)22-6-5-13(9-22)16(17,18)19/h3-4,7-8,13H,5-6,9H2,1-2H3. The van der Waals surface area contributed by atoms with Crippen LogP contribution in [0.2, 0.25) is 0 Å². The molecule has 2 aromatic rings. The van der Waals surface area contributed by atoms with Gasteiger partial charge in [0.15, 0.2) is 5.82 Å². The van der Waals surface area contributed by atoms with E-state index in [0.29, 0.717) is 5.82 Å². The molecule has 0 aliphatic carbocycles. The van der Waals surface area contributed by atoms with E-state index in [4.69, 9.17) is 0 Å². The van der Waals surface area contributed by atoms with Gasteiger partial charge in [0.05, 0.1) is 17.2 Å². The maximum absolute atomic E-state index is 12.7. The molecule has 0 bridgehead atoms. The van der Waals surface area contributed by atoms with Gasteiger partial charge in [-0.3, -0.25) is 4.79 Å². The number of amides is 1. The third-order valence-electron chi connectivity index (χ3n) is 4.16. The molecule has 1 aliphatic heterocycles. The summed E-state index contributed by atoms with van der Waals surface area (Å²) in [6, 6.07) is 5.12. The number of rotatable bonds is 2. The first-order chi connectivity index (χ1) is 11.3. The fourth-order valence-electron chi connectivity index (χ4n) is 2.89. The van der Waals surface area contributed by atoms with Gasteiger partial charge in [-0.2, -0.15) is 18.3 Å². The lowest BCUT2D eigenvalue weighted by Crippen LogP contribution is -2.32. The lowest BCUT2D eigenvalue weighted by atomic mass is 10.1. The monoisotopic (exact) mass is 338 g/mol. The van der Waals surface area contributed by atoms with Crippen LogP contribution in [0.3, 0.4) is 0 Å². The van der Waals surface area contributed by atoms with Crippen LogP contribution < -0.4 is 0 Å². The molecule has 5 nitrogen and oxygen atoms in total. The summed E-state index contributed by atoms with van der Waals surface area (Å²) in [4.78, 5) is 17.8. The molecule has 0 radical (unpaired) electrons.